The second-order valence-electron chi connectivity index (χ2n) is 4.86. The molecule has 118 valence electrons. The topological polar surface area (TPSA) is 36.9 Å². The molecule has 20 heavy (non-hydrogen) atoms. The minimum absolute atomic E-state index is 0.224. The third kappa shape index (κ3) is 6.45. The molecular weight excluding hydrogens is 271 g/mol. The maximum absolute atomic E-state index is 12.2. The van der Waals surface area contributed by atoms with E-state index in [4.69, 9.17) is 4.74 Å². The average molecular weight is 295 g/mol. The first-order valence-electron chi connectivity index (χ1n) is 7.14. The fourth-order valence-corrected chi connectivity index (χ4v) is 2.16. The summed E-state index contributed by atoms with van der Waals surface area (Å²) >= 11 is 0. The minimum Gasteiger partial charge on any atom is -0.381 e. The third-order valence-corrected chi connectivity index (χ3v) is 3.13. The highest BCUT2D eigenvalue weighted by Gasteiger charge is 2.27. The Kier molecular flexibility index (Phi) is 7.12. The fraction of sp³-hybridized carbons (Fsp3) is 0.923. The Labute approximate surface area is 118 Å². The van der Waals surface area contributed by atoms with Crippen molar-refractivity contribution < 1.29 is 17.9 Å². The highest BCUT2D eigenvalue weighted by atomic mass is 19.4. The van der Waals surface area contributed by atoms with Gasteiger partial charge in [-0.3, -0.25) is 4.99 Å². The molecule has 0 aromatic heterocycles. The molecule has 1 unspecified atom stereocenters. The van der Waals surface area contributed by atoms with E-state index in [2.05, 4.69) is 10.3 Å². The first kappa shape index (κ1) is 17.1. The summed E-state index contributed by atoms with van der Waals surface area (Å²) in [5.74, 6) is 1.01. The van der Waals surface area contributed by atoms with Gasteiger partial charge in [-0.2, -0.15) is 13.2 Å². The van der Waals surface area contributed by atoms with Crippen molar-refractivity contribution in [2.24, 2.45) is 10.9 Å². The van der Waals surface area contributed by atoms with Crippen LogP contribution in [0, 0.1) is 5.92 Å². The summed E-state index contributed by atoms with van der Waals surface area (Å²) in [5, 5.41) is 3.06. The number of rotatable bonds is 6. The first-order valence-corrected chi connectivity index (χ1v) is 7.14. The van der Waals surface area contributed by atoms with Gasteiger partial charge in [-0.1, -0.05) is 0 Å². The zero-order valence-electron chi connectivity index (χ0n) is 12.2. The smallest absolute Gasteiger partial charge is 0.381 e. The van der Waals surface area contributed by atoms with E-state index in [-0.39, 0.29) is 6.54 Å². The molecule has 1 saturated heterocycles. The van der Waals surface area contributed by atoms with Crippen LogP contribution in [0.3, 0.4) is 0 Å². The highest BCUT2D eigenvalue weighted by Crippen LogP contribution is 2.20. The second kappa shape index (κ2) is 8.34. The van der Waals surface area contributed by atoms with Gasteiger partial charge in [0.25, 0.3) is 0 Å². The monoisotopic (exact) mass is 295 g/mol. The Morgan fingerprint density at radius 1 is 1.40 bits per heavy atom. The maximum atomic E-state index is 12.2. The first-order chi connectivity index (χ1) is 9.46. The van der Waals surface area contributed by atoms with Crippen molar-refractivity contribution in [1.29, 1.82) is 0 Å². The Morgan fingerprint density at radius 2 is 2.15 bits per heavy atom. The molecule has 1 rings (SSSR count). The van der Waals surface area contributed by atoms with Crippen LogP contribution in [0.4, 0.5) is 13.2 Å². The van der Waals surface area contributed by atoms with Crippen molar-refractivity contribution in [2.75, 3.05) is 39.4 Å². The lowest BCUT2D eigenvalue weighted by atomic mass is 10.1. The summed E-state index contributed by atoms with van der Waals surface area (Å²) in [6.07, 6.45) is -4.04. The maximum Gasteiger partial charge on any atom is 0.390 e. The van der Waals surface area contributed by atoms with Crippen LogP contribution in [-0.2, 0) is 4.74 Å². The van der Waals surface area contributed by atoms with E-state index >= 15 is 0 Å². The lowest BCUT2D eigenvalue weighted by molar-refractivity contribution is -0.132. The van der Waals surface area contributed by atoms with Crippen LogP contribution < -0.4 is 5.32 Å². The van der Waals surface area contributed by atoms with Gasteiger partial charge in [-0.15, -0.1) is 0 Å². The van der Waals surface area contributed by atoms with Gasteiger partial charge in [0.1, 0.15) is 0 Å². The summed E-state index contributed by atoms with van der Waals surface area (Å²) in [4.78, 5) is 6.08. The summed E-state index contributed by atoms with van der Waals surface area (Å²) in [6.45, 7) is 7.29. The van der Waals surface area contributed by atoms with Crippen LogP contribution in [-0.4, -0.2) is 56.4 Å². The molecule has 0 amide bonds. The van der Waals surface area contributed by atoms with E-state index in [0.29, 0.717) is 31.6 Å². The standard InChI is InChI=1S/C13H24F3N3O/c1-3-17-12(18-7-6-13(14,15)16)19-8-5-11(9-19)10-20-4-2/h11H,3-10H2,1-2H3,(H,17,18). The fourth-order valence-electron chi connectivity index (χ4n) is 2.16. The normalized spacial score (nSPS) is 20.6. The van der Waals surface area contributed by atoms with Crippen molar-refractivity contribution in [3.63, 3.8) is 0 Å². The van der Waals surface area contributed by atoms with E-state index in [9.17, 15) is 13.2 Å². The summed E-state index contributed by atoms with van der Waals surface area (Å²) < 4.78 is 41.8. The molecule has 1 heterocycles. The molecule has 0 spiro atoms. The summed E-state index contributed by atoms with van der Waals surface area (Å²) in [7, 11) is 0. The van der Waals surface area contributed by atoms with Crippen molar-refractivity contribution in [3.05, 3.63) is 0 Å². The van der Waals surface area contributed by atoms with E-state index in [1.165, 1.54) is 0 Å². The Hall–Kier alpha value is -0.980. The number of hydrogen-bond donors (Lipinski definition) is 1. The molecule has 0 aromatic rings. The molecule has 1 N–H and O–H groups in total. The van der Waals surface area contributed by atoms with Crippen LogP contribution >= 0.6 is 0 Å². The minimum atomic E-state index is -4.15. The van der Waals surface area contributed by atoms with Crippen molar-refractivity contribution in [1.82, 2.24) is 10.2 Å². The zero-order chi connectivity index (χ0) is 15.0. The molecule has 1 atom stereocenters. The molecule has 0 aliphatic carbocycles. The predicted octanol–water partition coefficient (Wildman–Crippen LogP) is 2.26. The van der Waals surface area contributed by atoms with Crippen LogP contribution in [0.2, 0.25) is 0 Å². The number of nitrogens with zero attached hydrogens (tertiary/aromatic N) is 2. The third-order valence-electron chi connectivity index (χ3n) is 3.13. The predicted molar refractivity (Wildman–Crippen MR) is 72.8 cm³/mol. The average Bonchev–Trinajstić information content (AvgIpc) is 2.82. The number of guanidine groups is 1. The lowest BCUT2D eigenvalue weighted by Gasteiger charge is -2.21. The van der Waals surface area contributed by atoms with Crippen molar-refractivity contribution in [2.45, 2.75) is 32.9 Å². The molecule has 4 nitrogen and oxygen atoms in total. The van der Waals surface area contributed by atoms with Gasteiger partial charge in [0, 0.05) is 32.2 Å². The van der Waals surface area contributed by atoms with E-state index in [1.807, 2.05) is 18.7 Å². The summed E-state index contributed by atoms with van der Waals surface area (Å²) in [6, 6.07) is 0. The van der Waals surface area contributed by atoms with E-state index in [1.54, 1.807) is 0 Å². The number of aliphatic imine (C=N–C) groups is 1. The number of likely N-dealkylation sites (tertiary alicyclic amines) is 1. The molecular formula is C13H24F3N3O. The number of nitrogens with one attached hydrogen (secondary N) is 1. The molecule has 0 radical (unpaired) electrons. The number of hydrogen-bond acceptors (Lipinski definition) is 2. The lowest BCUT2D eigenvalue weighted by Crippen LogP contribution is -2.40. The van der Waals surface area contributed by atoms with Gasteiger partial charge in [0.15, 0.2) is 5.96 Å². The Bertz CT molecular complexity index is 308. The van der Waals surface area contributed by atoms with E-state index in [0.717, 1.165) is 19.5 Å². The van der Waals surface area contributed by atoms with Crippen molar-refractivity contribution >= 4 is 5.96 Å². The Morgan fingerprint density at radius 3 is 2.75 bits per heavy atom. The van der Waals surface area contributed by atoms with Gasteiger partial charge < -0.3 is 15.0 Å². The number of ether oxygens (including phenoxy) is 1. The van der Waals surface area contributed by atoms with Crippen molar-refractivity contribution in [3.8, 4) is 0 Å². The van der Waals surface area contributed by atoms with Gasteiger partial charge in [0.2, 0.25) is 0 Å². The quantitative estimate of drug-likeness (QED) is 0.603. The zero-order valence-corrected chi connectivity index (χ0v) is 12.2. The molecule has 1 aliphatic rings. The van der Waals surface area contributed by atoms with Crippen LogP contribution in [0.15, 0.2) is 4.99 Å². The second-order valence-corrected chi connectivity index (χ2v) is 4.86. The SMILES string of the molecule is CCNC(=NCCC(F)(F)F)N1CCC(COCC)C1. The molecule has 0 aromatic carbocycles. The molecule has 7 heteroatoms. The molecule has 1 fully saturated rings. The summed E-state index contributed by atoms with van der Waals surface area (Å²) in [5.41, 5.74) is 0. The van der Waals surface area contributed by atoms with Gasteiger partial charge in [0.05, 0.1) is 19.6 Å². The number of alkyl halides is 3. The molecule has 0 bridgehead atoms. The van der Waals surface area contributed by atoms with Crippen LogP contribution in [0.1, 0.15) is 26.7 Å². The van der Waals surface area contributed by atoms with Crippen LogP contribution in [0.25, 0.3) is 0 Å². The number of halogens is 3. The Balaban J connectivity index is 2.47. The van der Waals surface area contributed by atoms with Gasteiger partial charge in [-0.25, -0.2) is 0 Å². The van der Waals surface area contributed by atoms with Gasteiger partial charge in [-0.05, 0) is 20.3 Å². The highest BCUT2D eigenvalue weighted by molar-refractivity contribution is 5.80. The molecule has 0 saturated carbocycles. The van der Waals surface area contributed by atoms with E-state index < -0.39 is 12.6 Å². The molecule has 1 aliphatic heterocycles. The van der Waals surface area contributed by atoms with Gasteiger partial charge >= 0.3 is 6.18 Å². The van der Waals surface area contributed by atoms with Crippen LogP contribution in [0.5, 0.6) is 0 Å². The largest absolute Gasteiger partial charge is 0.390 e.